The van der Waals surface area contributed by atoms with E-state index in [2.05, 4.69) is 29.6 Å². The lowest BCUT2D eigenvalue weighted by molar-refractivity contribution is 0.266. The number of thiophene rings is 2. The van der Waals surface area contributed by atoms with Gasteiger partial charge in [0.1, 0.15) is 0 Å². The Morgan fingerprint density at radius 3 is 2.69 bits per heavy atom. The highest BCUT2D eigenvalue weighted by Crippen LogP contribution is 2.31. The van der Waals surface area contributed by atoms with Crippen molar-refractivity contribution in [2.24, 2.45) is 5.73 Å². The Balaban J connectivity index is 0.00000128. The number of rotatable bonds is 4. The molecule has 2 nitrogen and oxygen atoms in total. The van der Waals surface area contributed by atoms with Gasteiger partial charge >= 0.3 is 0 Å². The van der Waals surface area contributed by atoms with Gasteiger partial charge in [0.2, 0.25) is 0 Å². The fraction of sp³-hybridized carbons (Fsp3) is 0.273. The number of hydrogen-bond donors (Lipinski definition) is 2. The second kappa shape index (κ2) is 6.37. The maximum absolute atomic E-state index is 8.87. The second-order valence-electron chi connectivity index (χ2n) is 3.39. The van der Waals surface area contributed by atoms with Crippen LogP contribution in [0.4, 0.5) is 0 Å². The summed E-state index contributed by atoms with van der Waals surface area (Å²) in [6, 6.07) is 8.25. The molecule has 0 saturated heterocycles. The Labute approximate surface area is 109 Å². The van der Waals surface area contributed by atoms with Crippen molar-refractivity contribution in [3.63, 3.8) is 0 Å². The van der Waals surface area contributed by atoms with Gasteiger partial charge in [-0.05, 0) is 30.0 Å². The van der Waals surface area contributed by atoms with Gasteiger partial charge in [0.15, 0.2) is 0 Å². The molecule has 2 rings (SSSR count). The van der Waals surface area contributed by atoms with E-state index in [0.29, 0.717) is 0 Å². The fourth-order valence-electron chi connectivity index (χ4n) is 1.36. The van der Waals surface area contributed by atoms with Crippen molar-refractivity contribution in [1.82, 2.24) is 0 Å². The van der Waals surface area contributed by atoms with Crippen molar-refractivity contribution in [3.8, 4) is 9.75 Å². The molecule has 1 atom stereocenters. The molecular weight excluding hydrogens is 262 g/mol. The van der Waals surface area contributed by atoms with Gasteiger partial charge in [0.05, 0.1) is 6.61 Å². The smallest absolute Gasteiger partial charge is 0.0586 e. The van der Waals surface area contributed by atoms with Crippen molar-refractivity contribution >= 4 is 35.1 Å². The molecule has 0 fully saturated rings. The molecule has 3 N–H and O–H groups in total. The molecule has 16 heavy (non-hydrogen) atoms. The highest BCUT2D eigenvalue weighted by molar-refractivity contribution is 7.21. The molecule has 0 aliphatic carbocycles. The van der Waals surface area contributed by atoms with Gasteiger partial charge in [-0.25, -0.2) is 0 Å². The van der Waals surface area contributed by atoms with Crippen LogP contribution in [0.25, 0.3) is 9.75 Å². The largest absolute Gasteiger partial charge is 0.395 e. The Hall–Kier alpha value is -0.390. The topological polar surface area (TPSA) is 46.2 Å². The van der Waals surface area contributed by atoms with Crippen LogP contribution in [-0.2, 0) is 6.42 Å². The van der Waals surface area contributed by atoms with Crippen LogP contribution < -0.4 is 5.73 Å². The van der Waals surface area contributed by atoms with E-state index in [1.54, 1.807) is 22.7 Å². The van der Waals surface area contributed by atoms with Crippen molar-refractivity contribution < 1.29 is 5.11 Å². The maximum atomic E-state index is 8.87. The van der Waals surface area contributed by atoms with E-state index < -0.39 is 0 Å². The van der Waals surface area contributed by atoms with Crippen LogP contribution in [-0.4, -0.2) is 17.8 Å². The van der Waals surface area contributed by atoms with E-state index in [1.807, 2.05) is 0 Å². The van der Waals surface area contributed by atoms with Crippen molar-refractivity contribution in [1.29, 1.82) is 0 Å². The standard InChI is InChI=1S/C11H13NOS2.ClH/c12-8(7-13)6-9-3-4-11(15-9)10-2-1-5-14-10;/h1-5,8,13H,6-7,12H2;1H. The minimum absolute atomic E-state index is 0. The molecule has 0 bridgehead atoms. The molecule has 0 radical (unpaired) electrons. The van der Waals surface area contributed by atoms with E-state index in [9.17, 15) is 0 Å². The van der Waals surface area contributed by atoms with Crippen molar-refractivity contribution in [2.45, 2.75) is 12.5 Å². The number of aliphatic hydroxyl groups is 1. The third kappa shape index (κ3) is 3.30. The molecule has 5 heteroatoms. The lowest BCUT2D eigenvalue weighted by Crippen LogP contribution is -2.26. The van der Waals surface area contributed by atoms with Gasteiger partial charge in [-0.2, -0.15) is 0 Å². The van der Waals surface area contributed by atoms with Crippen LogP contribution in [0.2, 0.25) is 0 Å². The minimum Gasteiger partial charge on any atom is -0.395 e. The van der Waals surface area contributed by atoms with Crippen LogP contribution in [0.1, 0.15) is 4.88 Å². The summed E-state index contributed by atoms with van der Waals surface area (Å²) in [5.74, 6) is 0. The highest BCUT2D eigenvalue weighted by Gasteiger charge is 2.07. The summed E-state index contributed by atoms with van der Waals surface area (Å²) in [4.78, 5) is 3.81. The molecule has 0 aliphatic heterocycles. The summed E-state index contributed by atoms with van der Waals surface area (Å²) in [6.45, 7) is 0.0479. The minimum atomic E-state index is -0.139. The van der Waals surface area contributed by atoms with E-state index in [0.717, 1.165) is 6.42 Å². The molecule has 0 amide bonds. The molecule has 0 spiro atoms. The molecule has 0 saturated carbocycles. The summed E-state index contributed by atoms with van der Waals surface area (Å²) in [7, 11) is 0. The monoisotopic (exact) mass is 275 g/mol. The first-order valence-corrected chi connectivity index (χ1v) is 6.48. The number of nitrogens with two attached hydrogens (primary N) is 1. The van der Waals surface area contributed by atoms with Crippen LogP contribution in [0.5, 0.6) is 0 Å². The van der Waals surface area contributed by atoms with Gasteiger partial charge in [0, 0.05) is 20.7 Å². The molecule has 88 valence electrons. The van der Waals surface area contributed by atoms with Gasteiger partial charge in [-0.3, -0.25) is 0 Å². The fourth-order valence-corrected chi connectivity index (χ4v) is 3.30. The number of aliphatic hydroxyl groups excluding tert-OH is 1. The Morgan fingerprint density at radius 1 is 1.25 bits per heavy atom. The zero-order valence-electron chi connectivity index (χ0n) is 8.63. The molecule has 0 aliphatic rings. The molecule has 0 aromatic carbocycles. The second-order valence-corrected chi connectivity index (χ2v) is 5.51. The van der Waals surface area contributed by atoms with Crippen LogP contribution in [0.3, 0.4) is 0 Å². The van der Waals surface area contributed by atoms with Gasteiger partial charge < -0.3 is 10.8 Å². The average molecular weight is 276 g/mol. The SMILES string of the molecule is Cl.NC(CO)Cc1ccc(-c2cccs2)s1. The summed E-state index contributed by atoms with van der Waals surface area (Å²) in [6.07, 6.45) is 0.756. The third-order valence-corrected chi connectivity index (χ3v) is 4.30. The van der Waals surface area contributed by atoms with Gasteiger partial charge in [-0.15, -0.1) is 35.1 Å². The zero-order valence-corrected chi connectivity index (χ0v) is 11.1. The zero-order chi connectivity index (χ0) is 10.7. The molecular formula is C11H14ClNOS2. The lowest BCUT2D eigenvalue weighted by atomic mass is 10.2. The number of halogens is 1. The van der Waals surface area contributed by atoms with Crippen molar-refractivity contribution in [2.75, 3.05) is 6.61 Å². The van der Waals surface area contributed by atoms with E-state index in [1.165, 1.54) is 14.6 Å². The lowest BCUT2D eigenvalue weighted by Gasteiger charge is -2.04. The van der Waals surface area contributed by atoms with Crippen LogP contribution >= 0.6 is 35.1 Å². The molecule has 2 aromatic heterocycles. The first-order valence-electron chi connectivity index (χ1n) is 4.78. The van der Waals surface area contributed by atoms with Crippen molar-refractivity contribution in [3.05, 3.63) is 34.5 Å². The Bertz CT molecular complexity index is 413. The van der Waals surface area contributed by atoms with E-state index >= 15 is 0 Å². The molecule has 2 heterocycles. The maximum Gasteiger partial charge on any atom is 0.0586 e. The highest BCUT2D eigenvalue weighted by atomic mass is 35.5. The molecule has 2 aromatic rings. The summed E-state index contributed by atoms with van der Waals surface area (Å²) in [5, 5.41) is 10.9. The normalized spacial score (nSPS) is 12.1. The van der Waals surface area contributed by atoms with Gasteiger partial charge in [0.25, 0.3) is 0 Å². The van der Waals surface area contributed by atoms with Crippen LogP contribution in [0.15, 0.2) is 29.6 Å². The third-order valence-electron chi connectivity index (χ3n) is 2.12. The molecule has 1 unspecified atom stereocenters. The van der Waals surface area contributed by atoms with E-state index in [-0.39, 0.29) is 25.1 Å². The first-order chi connectivity index (χ1) is 7.29. The predicted octanol–water partition coefficient (Wildman–Crippen LogP) is 2.76. The predicted molar refractivity (Wildman–Crippen MR) is 73.6 cm³/mol. The Morgan fingerprint density at radius 2 is 2.06 bits per heavy atom. The number of hydrogen-bond acceptors (Lipinski definition) is 4. The summed E-state index contributed by atoms with van der Waals surface area (Å²) < 4.78 is 0. The van der Waals surface area contributed by atoms with Gasteiger partial charge in [-0.1, -0.05) is 6.07 Å². The summed E-state index contributed by atoms with van der Waals surface area (Å²) >= 11 is 3.50. The summed E-state index contributed by atoms with van der Waals surface area (Å²) in [5.41, 5.74) is 5.69. The first kappa shape index (κ1) is 13.7. The Kier molecular flexibility index (Phi) is 5.44. The van der Waals surface area contributed by atoms with E-state index in [4.69, 9.17) is 10.8 Å². The average Bonchev–Trinajstić information content (AvgIpc) is 2.85. The van der Waals surface area contributed by atoms with Crippen LogP contribution in [0, 0.1) is 0 Å². The quantitative estimate of drug-likeness (QED) is 0.901.